The van der Waals surface area contributed by atoms with E-state index in [4.69, 9.17) is 0 Å². The molecule has 100 valence electrons. The van der Waals surface area contributed by atoms with Gasteiger partial charge in [-0.05, 0) is 37.6 Å². The summed E-state index contributed by atoms with van der Waals surface area (Å²) in [5.41, 5.74) is 0.950. The first-order valence-corrected chi connectivity index (χ1v) is 7.70. The van der Waals surface area contributed by atoms with Crippen LogP contribution in [-0.2, 0) is 14.6 Å². The fourth-order valence-electron chi connectivity index (χ4n) is 1.64. The van der Waals surface area contributed by atoms with Crippen molar-refractivity contribution in [2.24, 2.45) is 0 Å². The molecule has 0 saturated heterocycles. The van der Waals surface area contributed by atoms with E-state index in [1.807, 2.05) is 11.9 Å². The van der Waals surface area contributed by atoms with Crippen LogP contribution in [0.25, 0.3) is 0 Å². The Morgan fingerprint density at radius 3 is 2.22 bits per heavy atom. The van der Waals surface area contributed by atoms with Crippen molar-refractivity contribution in [1.82, 2.24) is 0 Å². The van der Waals surface area contributed by atoms with Gasteiger partial charge in [0.25, 0.3) is 0 Å². The number of hydrogen-bond acceptors (Lipinski definition) is 4. The van der Waals surface area contributed by atoms with Crippen LogP contribution < -0.4 is 4.90 Å². The zero-order chi connectivity index (χ0) is 13.8. The standard InChI is InChI=1S/C13H19NO3S/c1-11(15)5-4-10-14(2)12-6-8-13(9-7-12)18(3,16)17/h6-9H,4-5,10H2,1-3H3. The van der Waals surface area contributed by atoms with Crippen LogP contribution in [0.1, 0.15) is 19.8 Å². The Morgan fingerprint density at radius 1 is 1.22 bits per heavy atom. The number of sulfone groups is 1. The molecule has 0 bridgehead atoms. The number of ketones is 1. The van der Waals surface area contributed by atoms with E-state index in [-0.39, 0.29) is 5.78 Å². The molecule has 0 N–H and O–H groups in total. The van der Waals surface area contributed by atoms with Crippen LogP contribution >= 0.6 is 0 Å². The zero-order valence-corrected chi connectivity index (χ0v) is 11.8. The third-order valence-electron chi connectivity index (χ3n) is 2.73. The fourth-order valence-corrected chi connectivity index (χ4v) is 2.27. The van der Waals surface area contributed by atoms with Gasteiger partial charge in [0.2, 0.25) is 0 Å². The summed E-state index contributed by atoms with van der Waals surface area (Å²) < 4.78 is 22.6. The van der Waals surface area contributed by atoms with Gasteiger partial charge in [-0.25, -0.2) is 8.42 Å². The second-order valence-electron chi connectivity index (χ2n) is 4.49. The van der Waals surface area contributed by atoms with Gasteiger partial charge in [-0.3, -0.25) is 0 Å². The highest BCUT2D eigenvalue weighted by molar-refractivity contribution is 7.90. The van der Waals surface area contributed by atoms with Crippen molar-refractivity contribution in [1.29, 1.82) is 0 Å². The average molecular weight is 269 g/mol. The second kappa shape index (κ2) is 6.00. The molecule has 0 radical (unpaired) electrons. The summed E-state index contributed by atoms with van der Waals surface area (Å²) in [5.74, 6) is 0.191. The predicted octanol–water partition coefficient (Wildman–Crippen LogP) is 1.90. The lowest BCUT2D eigenvalue weighted by atomic mass is 10.2. The maximum Gasteiger partial charge on any atom is 0.175 e. The van der Waals surface area contributed by atoms with Gasteiger partial charge in [0.15, 0.2) is 9.84 Å². The third-order valence-corrected chi connectivity index (χ3v) is 3.86. The van der Waals surface area contributed by atoms with Gasteiger partial charge in [0.05, 0.1) is 4.90 Å². The number of carbonyl (C=O) groups excluding carboxylic acids is 1. The Kier molecular flexibility index (Phi) is 4.90. The van der Waals surface area contributed by atoms with Crippen LogP contribution in [0, 0.1) is 0 Å². The first kappa shape index (κ1) is 14.7. The topological polar surface area (TPSA) is 54.5 Å². The first-order valence-electron chi connectivity index (χ1n) is 5.81. The number of hydrogen-bond donors (Lipinski definition) is 0. The van der Waals surface area contributed by atoms with Crippen molar-refractivity contribution < 1.29 is 13.2 Å². The molecule has 0 unspecified atom stereocenters. The zero-order valence-electron chi connectivity index (χ0n) is 11.0. The summed E-state index contributed by atoms with van der Waals surface area (Å²) in [7, 11) is -1.21. The van der Waals surface area contributed by atoms with Gasteiger partial charge in [-0.1, -0.05) is 0 Å². The first-order chi connectivity index (χ1) is 8.30. The number of carbonyl (C=O) groups is 1. The van der Waals surface area contributed by atoms with E-state index in [0.29, 0.717) is 11.3 Å². The van der Waals surface area contributed by atoms with E-state index >= 15 is 0 Å². The molecule has 4 nitrogen and oxygen atoms in total. The van der Waals surface area contributed by atoms with Crippen LogP contribution in [-0.4, -0.2) is 34.0 Å². The molecule has 0 saturated carbocycles. The smallest absolute Gasteiger partial charge is 0.175 e. The molecule has 0 aliphatic heterocycles. The highest BCUT2D eigenvalue weighted by Gasteiger charge is 2.07. The summed E-state index contributed by atoms with van der Waals surface area (Å²) in [6.45, 7) is 2.36. The molecule has 18 heavy (non-hydrogen) atoms. The Balaban J connectivity index is 2.65. The van der Waals surface area contributed by atoms with Gasteiger partial charge in [-0.15, -0.1) is 0 Å². The van der Waals surface area contributed by atoms with Crippen LogP contribution in [0.2, 0.25) is 0 Å². The van der Waals surface area contributed by atoms with Crippen molar-refractivity contribution in [3.63, 3.8) is 0 Å². The van der Waals surface area contributed by atoms with Crippen molar-refractivity contribution in [2.45, 2.75) is 24.7 Å². The molecule has 0 amide bonds. The maximum absolute atomic E-state index is 11.3. The Hall–Kier alpha value is -1.36. The molecule has 0 heterocycles. The number of anilines is 1. The van der Waals surface area contributed by atoms with Crippen molar-refractivity contribution in [2.75, 3.05) is 24.7 Å². The summed E-state index contributed by atoms with van der Waals surface area (Å²) in [5, 5.41) is 0. The van der Waals surface area contributed by atoms with Crippen molar-refractivity contribution >= 4 is 21.3 Å². The second-order valence-corrected chi connectivity index (χ2v) is 6.51. The number of nitrogens with zero attached hydrogens (tertiary/aromatic N) is 1. The lowest BCUT2D eigenvalue weighted by Gasteiger charge is -2.19. The van der Waals surface area contributed by atoms with Gasteiger partial charge in [0, 0.05) is 32.0 Å². The number of benzene rings is 1. The minimum absolute atomic E-state index is 0.191. The molecule has 5 heteroatoms. The molecule has 1 aromatic carbocycles. The highest BCUT2D eigenvalue weighted by atomic mass is 32.2. The van der Waals surface area contributed by atoms with E-state index in [1.54, 1.807) is 31.2 Å². The van der Waals surface area contributed by atoms with Crippen LogP contribution in [0.4, 0.5) is 5.69 Å². The highest BCUT2D eigenvalue weighted by Crippen LogP contribution is 2.17. The van der Waals surface area contributed by atoms with Gasteiger partial charge < -0.3 is 9.69 Å². The maximum atomic E-state index is 11.3. The lowest BCUT2D eigenvalue weighted by molar-refractivity contribution is -0.117. The van der Waals surface area contributed by atoms with Crippen LogP contribution in [0.3, 0.4) is 0 Å². The summed E-state index contributed by atoms with van der Waals surface area (Å²) in [6.07, 6.45) is 2.57. The molecule has 0 aromatic heterocycles. The molecule has 1 rings (SSSR count). The van der Waals surface area contributed by atoms with E-state index < -0.39 is 9.84 Å². The van der Waals surface area contributed by atoms with E-state index in [0.717, 1.165) is 18.7 Å². The molecule has 0 fully saturated rings. The molecule has 0 aliphatic rings. The monoisotopic (exact) mass is 269 g/mol. The molecule has 0 atom stereocenters. The number of rotatable bonds is 6. The van der Waals surface area contributed by atoms with E-state index in [9.17, 15) is 13.2 Å². The lowest BCUT2D eigenvalue weighted by Crippen LogP contribution is -2.19. The Morgan fingerprint density at radius 2 is 1.78 bits per heavy atom. The average Bonchev–Trinajstić information content (AvgIpc) is 2.27. The molecule has 0 spiro atoms. The van der Waals surface area contributed by atoms with Crippen molar-refractivity contribution in [3.05, 3.63) is 24.3 Å². The molecule has 1 aromatic rings. The summed E-state index contributed by atoms with van der Waals surface area (Å²) in [6, 6.07) is 6.77. The minimum atomic E-state index is -3.14. The van der Waals surface area contributed by atoms with Gasteiger partial charge in [0.1, 0.15) is 5.78 Å². The SMILES string of the molecule is CC(=O)CCCN(C)c1ccc(S(C)(=O)=O)cc1. The normalized spacial score (nSPS) is 11.3. The Bertz CT molecular complexity index is 506. The Labute approximate surface area is 109 Å². The van der Waals surface area contributed by atoms with E-state index in [1.165, 1.54) is 6.26 Å². The molecular weight excluding hydrogens is 250 g/mol. The van der Waals surface area contributed by atoms with E-state index in [2.05, 4.69) is 0 Å². The van der Waals surface area contributed by atoms with Crippen LogP contribution in [0.15, 0.2) is 29.2 Å². The minimum Gasteiger partial charge on any atom is -0.375 e. The van der Waals surface area contributed by atoms with Crippen LogP contribution in [0.5, 0.6) is 0 Å². The summed E-state index contributed by atoms with van der Waals surface area (Å²) >= 11 is 0. The molecule has 0 aliphatic carbocycles. The van der Waals surface area contributed by atoms with Crippen molar-refractivity contribution in [3.8, 4) is 0 Å². The third kappa shape index (κ3) is 4.49. The number of Topliss-reactive ketones (excluding diaryl/α,β-unsaturated/α-hetero) is 1. The van der Waals surface area contributed by atoms with Gasteiger partial charge in [-0.2, -0.15) is 0 Å². The predicted molar refractivity (Wildman–Crippen MR) is 72.7 cm³/mol. The molecular formula is C13H19NO3S. The fraction of sp³-hybridized carbons (Fsp3) is 0.462. The van der Waals surface area contributed by atoms with Gasteiger partial charge >= 0.3 is 0 Å². The largest absolute Gasteiger partial charge is 0.375 e. The quantitative estimate of drug-likeness (QED) is 0.791. The summed E-state index contributed by atoms with van der Waals surface area (Å²) in [4.78, 5) is 13.2.